The van der Waals surface area contributed by atoms with Gasteiger partial charge in [0.15, 0.2) is 0 Å². The van der Waals surface area contributed by atoms with Crippen molar-refractivity contribution in [3.63, 3.8) is 0 Å². The minimum absolute atomic E-state index is 0.0326. The van der Waals surface area contributed by atoms with Crippen molar-refractivity contribution in [1.29, 1.82) is 0 Å². The molecule has 3 aromatic heterocycles. The van der Waals surface area contributed by atoms with Crippen LogP contribution in [0.1, 0.15) is 28.5 Å². The average molecular weight is 455 g/mol. The maximum Gasteiger partial charge on any atom is 0.270 e. The molecule has 0 aliphatic carbocycles. The molecule has 2 aliphatic heterocycles. The Balaban J connectivity index is 1.21. The van der Waals surface area contributed by atoms with Crippen LogP contribution in [0, 0.1) is 5.95 Å². The van der Waals surface area contributed by atoms with Gasteiger partial charge in [0.25, 0.3) is 11.5 Å². The predicted octanol–water partition coefficient (Wildman–Crippen LogP) is 0.570. The molecule has 0 spiro atoms. The van der Waals surface area contributed by atoms with Crippen LogP contribution < -0.4 is 15.8 Å². The number of anilines is 1. The summed E-state index contributed by atoms with van der Waals surface area (Å²) in [5.41, 5.74) is 2.72. The first-order chi connectivity index (χ1) is 16.0. The third-order valence-corrected chi connectivity index (χ3v) is 6.20. The van der Waals surface area contributed by atoms with Gasteiger partial charge in [0, 0.05) is 50.0 Å². The topological polar surface area (TPSA) is 108 Å². The largest absolute Gasteiger partial charge is 0.377 e. The second kappa shape index (κ2) is 8.91. The quantitative estimate of drug-likeness (QED) is 0.523. The van der Waals surface area contributed by atoms with E-state index >= 15 is 0 Å². The summed E-state index contributed by atoms with van der Waals surface area (Å²) in [6.07, 6.45) is 4.20. The van der Waals surface area contributed by atoms with Crippen molar-refractivity contribution < 1.29 is 13.9 Å². The first-order valence-electron chi connectivity index (χ1n) is 11.1. The zero-order valence-corrected chi connectivity index (χ0v) is 18.4. The van der Waals surface area contributed by atoms with E-state index < -0.39 is 11.9 Å². The van der Waals surface area contributed by atoms with E-state index in [0.29, 0.717) is 56.2 Å². The number of carbonyl (C=O) groups excluding carboxylic acids is 1. The van der Waals surface area contributed by atoms with Crippen LogP contribution in [0.5, 0.6) is 0 Å². The third-order valence-electron chi connectivity index (χ3n) is 6.20. The summed E-state index contributed by atoms with van der Waals surface area (Å²) in [7, 11) is 0. The van der Waals surface area contributed by atoms with Gasteiger partial charge in [0.1, 0.15) is 11.3 Å². The number of nitrogens with zero attached hydrogens (tertiary/aromatic N) is 5. The smallest absolute Gasteiger partial charge is 0.270 e. The molecule has 2 aliphatic rings. The van der Waals surface area contributed by atoms with Gasteiger partial charge in [0.2, 0.25) is 5.95 Å². The molecule has 5 heterocycles. The Labute approximate surface area is 189 Å². The van der Waals surface area contributed by atoms with Crippen molar-refractivity contribution in [2.75, 3.05) is 44.3 Å². The standard InChI is InChI=1S/C22H26FN7O3/c1-2-14-11-30-20(27-21(14)31)15(9-24-30)10-28-5-7-29(8-6-28)18-4-3-17(26-19(18)23)22(32)25-16-12-33-13-16/h3-4,9,11,16H,2,5-8,10,12-13H2,1H3,(H,25,32)(H,27,31). The number of ether oxygens (including phenoxy) is 1. The lowest BCUT2D eigenvalue weighted by Crippen LogP contribution is -2.48. The number of rotatable bonds is 6. The van der Waals surface area contributed by atoms with E-state index in [0.717, 1.165) is 18.7 Å². The molecule has 5 rings (SSSR count). The molecule has 0 atom stereocenters. The van der Waals surface area contributed by atoms with Crippen molar-refractivity contribution in [2.24, 2.45) is 0 Å². The fourth-order valence-corrected chi connectivity index (χ4v) is 4.15. The summed E-state index contributed by atoms with van der Waals surface area (Å²) >= 11 is 0. The number of aryl methyl sites for hydroxylation is 1. The number of nitrogens with one attached hydrogen (secondary N) is 2. The molecule has 2 fully saturated rings. The lowest BCUT2D eigenvalue weighted by atomic mass is 10.2. The zero-order valence-electron chi connectivity index (χ0n) is 18.4. The Morgan fingerprint density at radius 2 is 2.03 bits per heavy atom. The Morgan fingerprint density at radius 3 is 2.70 bits per heavy atom. The molecular weight excluding hydrogens is 429 g/mol. The highest BCUT2D eigenvalue weighted by molar-refractivity contribution is 5.92. The summed E-state index contributed by atoms with van der Waals surface area (Å²) in [5, 5.41) is 7.14. The number of hydrogen-bond donors (Lipinski definition) is 2. The van der Waals surface area contributed by atoms with Crippen LogP contribution in [-0.4, -0.2) is 75.8 Å². The van der Waals surface area contributed by atoms with E-state index in [1.165, 1.54) is 0 Å². The molecule has 11 heteroatoms. The van der Waals surface area contributed by atoms with E-state index in [1.807, 2.05) is 11.8 Å². The molecule has 0 aromatic carbocycles. The molecule has 1 amide bonds. The number of fused-ring (bicyclic) bond motifs is 1. The van der Waals surface area contributed by atoms with Crippen LogP contribution in [-0.2, 0) is 17.7 Å². The SMILES string of the molecule is CCc1cn2ncc(CN3CCN(c4ccc(C(=O)NC5COC5)nc4F)CC3)c2[nH]c1=O. The Morgan fingerprint density at radius 1 is 1.24 bits per heavy atom. The van der Waals surface area contributed by atoms with Crippen molar-refractivity contribution >= 4 is 17.2 Å². The molecule has 10 nitrogen and oxygen atoms in total. The molecule has 174 valence electrons. The summed E-state index contributed by atoms with van der Waals surface area (Å²) < 4.78 is 21.4. The molecule has 2 saturated heterocycles. The number of halogens is 1. The minimum atomic E-state index is -0.645. The van der Waals surface area contributed by atoms with Crippen LogP contribution in [0.2, 0.25) is 0 Å². The Bertz CT molecular complexity index is 1230. The van der Waals surface area contributed by atoms with E-state index in [-0.39, 0.29) is 17.3 Å². The lowest BCUT2D eigenvalue weighted by molar-refractivity contribution is -0.00356. The van der Waals surface area contributed by atoms with Gasteiger partial charge in [-0.25, -0.2) is 9.50 Å². The number of hydrogen-bond acceptors (Lipinski definition) is 7. The van der Waals surface area contributed by atoms with Gasteiger partial charge < -0.3 is 19.9 Å². The Hall–Kier alpha value is -3.31. The molecule has 3 aromatic rings. The molecule has 0 saturated carbocycles. The first-order valence-corrected chi connectivity index (χ1v) is 11.1. The van der Waals surface area contributed by atoms with Crippen molar-refractivity contribution in [3.05, 3.63) is 57.6 Å². The van der Waals surface area contributed by atoms with E-state index in [4.69, 9.17) is 4.74 Å². The van der Waals surface area contributed by atoms with Gasteiger partial charge in [-0.2, -0.15) is 9.49 Å². The van der Waals surface area contributed by atoms with E-state index in [2.05, 4.69) is 25.3 Å². The Kier molecular flexibility index (Phi) is 5.81. The van der Waals surface area contributed by atoms with Gasteiger partial charge in [-0.1, -0.05) is 6.92 Å². The van der Waals surface area contributed by atoms with Gasteiger partial charge in [-0.15, -0.1) is 0 Å². The second-order valence-corrected chi connectivity index (χ2v) is 8.40. The highest BCUT2D eigenvalue weighted by Crippen LogP contribution is 2.21. The van der Waals surface area contributed by atoms with Gasteiger partial charge in [-0.3, -0.25) is 14.5 Å². The van der Waals surface area contributed by atoms with Crippen LogP contribution in [0.4, 0.5) is 10.1 Å². The number of amides is 1. The first kappa shape index (κ1) is 21.5. The van der Waals surface area contributed by atoms with Crippen molar-refractivity contribution in [1.82, 2.24) is 29.8 Å². The van der Waals surface area contributed by atoms with E-state index in [9.17, 15) is 14.0 Å². The van der Waals surface area contributed by atoms with Crippen LogP contribution >= 0.6 is 0 Å². The zero-order chi connectivity index (χ0) is 22.9. The predicted molar refractivity (Wildman–Crippen MR) is 119 cm³/mol. The summed E-state index contributed by atoms with van der Waals surface area (Å²) in [4.78, 5) is 35.4. The van der Waals surface area contributed by atoms with Crippen molar-refractivity contribution in [2.45, 2.75) is 25.9 Å². The monoisotopic (exact) mass is 455 g/mol. The normalized spacial score (nSPS) is 17.3. The van der Waals surface area contributed by atoms with Crippen LogP contribution in [0.3, 0.4) is 0 Å². The third kappa shape index (κ3) is 4.33. The maximum atomic E-state index is 14.7. The molecule has 0 radical (unpaired) electrons. The maximum absolute atomic E-state index is 14.7. The minimum Gasteiger partial charge on any atom is -0.377 e. The van der Waals surface area contributed by atoms with Gasteiger partial charge in [-0.05, 0) is 18.6 Å². The van der Waals surface area contributed by atoms with Crippen LogP contribution in [0.15, 0.2) is 29.3 Å². The van der Waals surface area contributed by atoms with Crippen LogP contribution in [0.25, 0.3) is 5.65 Å². The number of piperazine rings is 1. The average Bonchev–Trinajstić information content (AvgIpc) is 3.17. The van der Waals surface area contributed by atoms with Gasteiger partial charge >= 0.3 is 0 Å². The fourth-order valence-electron chi connectivity index (χ4n) is 4.15. The highest BCUT2D eigenvalue weighted by atomic mass is 19.1. The van der Waals surface area contributed by atoms with E-state index in [1.54, 1.807) is 29.0 Å². The lowest BCUT2D eigenvalue weighted by Gasteiger charge is -2.35. The molecule has 2 N–H and O–H groups in total. The highest BCUT2D eigenvalue weighted by Gasteiger charge is 2.24. The molecule has 0 bridgehead atoms. The molecule has 33 heavy (non-hydrogen) atoms. The summed E-state index contributed by atoms with van der Waals surface area (Å²) in [6.45, 7) is 6.22. The van der Waals surface area contributed by atoms with Crippen molar-refractivity contribution in [3.8, 4) is 0 Å². The number of carbonyl (C=O) groups is 1. The fraction of sp³-hybridized carbons (Fsp3) is 0.455. The molecule has 0 unspecified atom stereocenters. The number of pyridine rings is 1. The number of aromatic nitrogens is 4. The second-order valence-electron chi connectivity index (χ2n) is 8.40. The number of H-pyrrole nitrogens is 1. The number of aromatic amines is 1. The summed E-state index contributed by atoms with van der Waals surface area (Å²) in [5.74, 6) is -1.04. The summed E-state index contributed by atoms with van der Waals surface area (Å²) in [6, 6.07) is 3.14. The molecular formula is C22H26FN7O3. The van der Waals surface area contributed by atoms with Gasteiger partial charge in [0.05, 0.1) is 31.1 Å².